The van der Waals surface area contributed by atoms with Crippen LogP contribution in [0.15, 0.2) is 39.7 Å². The van der Waals surface area contributed by atoms with Crippen LogP contribution in [0.5, 0.6) is 17.2 Å². The summed E-state index contributed by atoms with van der Waals surface area (Å²) in [6.07, 6.45) is 3.97. The summed E-state index contributed by atoms with van der Waals surface area (Å²) in [5.74, 6) is -1.34. The number of ether oxygens (including phenoxy) is 2. The Hall–Kier alpha value is -2.96. The number of fused-ring (bicyclic) bond motifs is 1. The van der Waals surface area contributed by atoms with Crippen LogP contribution in [0, 0.1) is 0 Å². The number of aliphatic carboxylic acids is 1. The molecule has 0 bridgehead atoms. The molecule has 1 aromatic heterocycles. The summed E-state index contributed by atoms with van der Waals surface area (Å²) in [5.41, 5.74) is -0.649. The number of carbonyl (C=O) groups is 1. The zero-order valence-electron chi connectivity index (χ0n) is 13.2. The summed E-state index contributed by atoms with van der Waals surface area (Å²) in [6, 6.07) is 4.72. The molecule has 7 heteroatoms. The predicted octanol–water partition coefficient (Wildman–Crippen LogP) is 3.04. The van der Waals surface area contributed by atoms with E-state index in [0.717, 1.165) is 0 Å². The molecule has 2 rings (SSSR count). The summed E-state index contributed by atoms with van der Waals surface area (Å²) < 4.78 is 15.8. The van der Waals surface area contributed by atoms with Crippen LogP contribution >= 0.6 is 0 Å². The maximum Gasteiger partial charge on any atom is 0.383 e. The summed E-state index contributed by atoms with van der Waals surface area (Å²) in [7, 11) is 0. The van der Waals surface area contributed by atoms with Crippen molar-refractivity contribution in [1.29, 1.82) is 0 Å². The number of carboxylic acid groups (broad SMARTS) is 1. The van der Waals surface area contributed by atoms with Gasteiger partial charge in [-0.05, 0) is 31.1 Å². The van der Waals surface area contributed by atoms with Gasteiger partial charge >= 0.3 is 11.6 Å². The number of benzene rings is 1. The summed E-state index contributed by atoms with van der Waals surface area (Å²) >= 11 is 0. The first-order chi connectivity index (χ1) is 11.5. The van der Waals surface area contributed by atoms with Crippen molar-refractivity contribution in [3.05, 3.63) is 41.0 Å². The second kappa shape index (κ2) is 8.05. The molecule has 1 aromatic carbocycles. The van der Waals surface area contributed by atoms with Crippen LogP contribution in [0.1, 0.15) is 26.2 Å². The lowest BCUT2D eigenvalue weighted by molar-refractivity contribution is -0.137. The van der Waals surface area contributed by atoms with Gasteiger partial charge in [-0.1, -0.05) is 13.0 Å². The number of rotatable bonds is 8. The highest BCUT2D eigenvalue weighted by molar-refractivity contribution is 5.91. The van der Waals surface area contributed by atoms with Gasteiger partial charge < -0.3 is 24.1 Å². The van der Waals surface area contributed by atoms with Crippen molar-refractivity contribution in [3.63, 3.8) is 0 Å². The van der Waals surface area contributed by atoms with Gasteiger partial charge in [-0.15, -0.1) is 0 Å². The van der Waals surface area contributed by atoms with Gasteiger partial charge in [0.15, 0.2) is 5.75 Å². The third-order valence-corrected chi connectivity index (χ3v) is 3.14. The van der Waals surface area contributed by atoms with Crippen LogP contribution < -0.4 is 15.1 Å². The van der Waals surface area contributed by atoms with Crippen LogP contribution in [0.4, 0.5) is 0 Å². The maximum atomic E-state index is 11.9. The number of allylic oxidation sites excluding steroid dienone is 1. The zero-order chi connectivity index (χ0) is 17.5. The first-order valence-corrected chi connectivity index (χ1v) is 7.49. The van der Waals surface area contributed by atoms with E-state index in [4.69, 9.17) is 19.0 Å². The van der Waals surface area contributed by atoms with E-state index in [2.05, 4.69) is 0 Å². The third-order valence-electron chi connectivity index (χ3n) is 3.14. The minimum absolute atomic E-state index is 0.0258. The number of aromatic hydroxyl groups is 1. The average Bonchev–Trinajstić information content (AvgIpc) is 2.54. The fraction of sp³-hybridized carbons (Fsp3) is 0.294. The van der Waals surface area contributed by atoms with Crippen LogP contribution in [-0.4, -0.2) is 22.8 Å². The van der Waals surface area contributed by atoms with Crippen molar-refractivity contribution < 1.29 is 28.9 Å². The average molecular weight is 334 g/mol. The highest BCUT2D eigenvalue weighted by Crippen LogP contribution is 2.37. The van der Waals surface area contributed by atoms with Crippen LogP contribution in [0.3, 0.4) is 0 Å². The van der Waals surface area contributed by atoms with Gasteiger partial charge in [-0.2, -0.15) is 0 Å². The first kappa shape index (κ1) is 17.4. The molecule has 1 heterocycles. The van der Waals surface area contributed by atoms with E-state index >= 15 is 0 Å². The predicted molar refractivity (Wildman–Crippen MR) is 86.6 cm³/mol. The Morgan fingerprint density at radius 3 is 2.88 bits per heavy atom. The molecule has 0 atom stereocenters. The largest absolute Gasteiger partial charge is 0.503 e. The van der Waals surface area contributed by atoms with E-state index in [1.54, 1.807) is 18.2 Å². The standard InChI is InChI=1S/C17H18O7/c1-2-3-9-23-16-15(20)14-11(22-10-5-8-13(18)19)6-4-7-12(14)24-17(16)21/h3-4,6-7,9,20H,2,5,8,10H2,1H3,(H,18,19)/b9-3+. The fourth-order valence-corrected chi connectivity index (χ4v) is 2.03. The van der Waals surface area contributed by atoms with E-state index in [-0.39, 0.29) is 41.2 Å². The Morgan fingerprint density at radius 2 is 2.17 bits per heavy atom. The molecule has 0 fully saturated rings. The van der Waals surface area contributed by atoms with Gasteiger partial charge in [0.1, 0.15) is 16.7 Å². The molecule has 24 heavy (non-hydrogen) atoms. The summed E-state index contributed by atoms with van der Waals surface area (Å²) in [6.45, 7) is 2.04. The first-order valence-electron chi connectivity index (χ1n) is 7.49. The molecule has 128 valence electrons. The third kappa shape index (κ3) is 4.07. The van der Waals surface area contributed by atoms with Gasteiger partial charge in [0.05, 0.1) is 12.9 Å². The van der Waals surface area contributed by atoms with Gasteiger partial charge in [0.25, 0.3) is 5.75 Å². The van der Waals surface area contributed by atoms with Crippen molar-refractivity contribution in [2.75, 3.05) is 6.61 Å². The minimum atomic E-state index is -0.913. The highest BCUT2D eigenvalue weighted by Gasteiger charge is 2.18. The van der Waals surface area contributed by atoms with E-state index in [1.165, 1.54) is 12.3 Å². The topological polar surface area (TPSA) is 106 Å². The van der Waals surface area contributed by atoms with Crippen molar-refractivity contribution in [3.8, 4) is 17.2 Å². The Bertz CT molecular complexity index is 804. The van der Waals surface area contributed by atoms with Crippen molar-refractivity contribution >= 4 is 16.9 Å². The lowest BCUT2D eigenvalue weighted by Crippen LogP contribution is -2.05. The Balaban J connectivity index is 2.35. The molecular weight excluding hydrogens is 316 g/mol. The van der Waals surface area contributed by atoms with Gasteiger partial charge in [0, 0.05) is 6.42 Å². The Kier molecular flexibility index (Phi) is 5.83. The number of hydrogen-bond donors (Lipinski definition) is 2. The lowest BCUT2D eigenvalue weighted by Gasteiger charge is -2.11. The van der Waals surface area contributed by atoms with E-state index < -0.39 is 11.6 Å². The normalized spacial score (nSPS) is 11.0. The van der Waals surface area contributed by atoms with Crippen LogP contribution in [-0.2, 0) is 4.79 Å². The molecule has 7 nitrogen and oxygen atoms in total. The molecular formula is C17H18O7. The molecule has 0 spiro atoms. The monoisotopic (exact) mass is 334 g/mol. The number of hydrogen-bond acceptors (Lipinski definition) is 6. The molecule has 0 aliphatic rings. The van der Waals surface area contributed by atoms with E-state index in [1.807, 2.05) is 6.92 Å². The molecule has 0 amide bonds. The molecule has 0 saturated heterocycles. The second-order valence-corrected chi connectivity index (χ2v) is 4.94. The SMILES string of the molecule is CC/C=C/Oc1c(O)c2c(OCCCC(=O)O)cccc2oc1=O. The van der Waals surface area contributed by atoms with Crippen molar-refractivity contribution in [2.24, 2.45) is 0 Å². The van der Waals surface area contributed by atoms with Gasteiger partial charge in [0.2, 0.25) is 0 Å². The van der Waals surface area contributed by atoms with Crippen molar-refractivity contribution in [2.45, 2.75) is 26.2 Å². The van der Waals surface area contributed by atoms with Gasteiger partial charge in [-0.25, -0.2) is 4.79 Å². The summed E-state index contributed by atoms with van der Waals surface area (Å²) in [5, 5.41) is 19.2. The Labute approximate surface area is 137 Å². The second-order valence-electron chi connectivity index (χ2n) is 4.94. The minimum Gasteiger partial charge on any atom is -0.503 e. The molecule has 0 aliphatic carbocycles. The van der Waals surface area contributed by atoms with Crippen molar-refractivity contribution in [1.82, 2.24) is 0 Å². The molecule has 0 unspecified atom stereocenters. The molecule has 2 aromatic rings. The van der Waals surface area contributed by atoms with Crippen LogP contribution in [0.2, 0.25) is 0 Å². The maximum absolute atomic E-state index is 11.9. The highest BCUT2D eigenvalue weighted by atomic mass is 16.5. The smallest absolute Gasteiger partial charge is 0.383 e. The molecule has 0 saturated carbocycles. The molecule has 2 N–H and O–H groups in total. The molecule has 0 aliphatic heterocycles. The van der Waals surface area contributed by atoms with Gasteiger partial charge in [-0.3, -0.25) is 4.79 Å². The number of carboxylic acids is 1. The lowest BCUT2D eigenvalue weighted by atomic mass is 10.2. The van der Waals surface area contributed by atoms with E-state index in [0.29, 0.717) is 12.8 Å². The van der Waals surface area contributed by atoms with Crippen LogP contribution in [0.25, 0.3) is 11.0 Å². The fourth-order valence-electron chi connectivity index (χ4n) is 2.03. The van der Waals surface area contributed by atoms with E-state index in [9.17, 15) is 14.7 Å². The quantitative estimate of drug-likeness (QED) is 0.434. The summed E-state index contributed by atoms with van der Waals surface area (Å²) in [4.78, 5) is 22.4. The molecule has 0 radical (unpaired) electrons. The Morgan fingerprint density at radius 1 is 1.38 bits per heavy atom. The zero-order valence-corrected chi connectivity index (χ0v) is 13.2.